The summed E-state index contributed by atoms with van der Waals surface area (Å²) in [7, 11) is 2.14. The largest absolute Gasteiger partial charge is 0.419 e. The maximum absolute atomic E-state index is 5.86. The summed E-state index contributed by atoms with van der Waals surface area (Å²) in [5.74, 6) is 1.25. The van der Waals surface area contributed by atoms with Gasteiger partial charge in [-0.05, 0) is 49.6 Å². The Bertz CT molecular complexity index is 813. The zero-order valence-corrected chi connectivity index (χ0v) is 13.9. The molecule has 0 radical (unpaired) electrons. The van der Waals surface area contributed by atoms with Crippen molar-refractivity contribution in [2.75, 3.05) is 7.05 Å². The molecule has 0 N–H and O–H groups in total. The molecule has 0 fully saturated rings. The number of benzene rings is 2. The number of aromatic nitrogens is 2. The molecule has 1 aliphatic rings. The van der Waals surface area contributed by atoms with Crippen LogP contribution >= 0.6 is 0 Å². The highest BCUT2D eigenvalue weighted by Gasteiger charge is 2.24. The molecule has 24 heavy (non-hydrogen) atoms. The number of aryl methyl sites for hydroxylation is 1. The zero-order chi connectivity index (χ0) is 16.4. The van der Waals surface area contributed by atoms with Gasteiger partial charge in [0.1, 0.15) is 0 Å². The standard InChI is InChI=1S/C20H21N3O/c1-23(18-13-7-11-15-8-5-6-12-17(15)18)14-19-21-22-20(24-19)16-9-3-2-4-10-16/h2-6,8-10,12,18H,7,11,13-14H2,1H3/t18-/m0/s1. The van der Waals surface area contributed by atoms with Gasteiger partial charge in [-0.1, -0.05) is 42.5 Å². The zero-order valence-electron chi connectivity index (χ0n) is 13.9. The number of nitrogens with zero attached hydrogens (tertiary/aromatic N) is 3. The van der Waals surface area contributed by atoms with Gasteiger partial charge in [-0.2, -0.15) is 0 Å². The summed E-state index contributed by atoms with van der Waals surface area (Å²) in [6, 6.07) is 19.1. The fourth-order valence-corrected chi connectivity index (χ4v) is 3.52. The van der Waals surface area contributed by atoms with Crippen molar-refractivity contribution >= 4 is 0 Å². The molecule has 1 aromatic heterocycles. The van der Waals surface area contributed by atoms with E-state index >= 15 is 0 Å². The van der Waals surface area contributed by atoms with Crippen LogP contribution < -0.4 is 0 Å². The van der Waals surface area contributed by atoms with Crippen molar-refractivity contribution in [3.63, 3.8) is 0 Å². The lowest BCUT2D eigenvalue weighted by Gasteiger charge is -2.32. The lowest BCUT2D eigenvalue weighted by Crippen LogP contribution is -2.27. The Morgan fingerprint density at radius 3 is 2.71 bits per heavy atom. The Morgan fingerprint density at radius 1 is 1.04 bits per heavy atom. The Hall–Kier alpha value is -2.46. The predicted octanol–water partition coefficient (Wildman–Crippen LogP) is 4.25. The Balaban J connectivity index is 1.51. The van der Waals surface area contributed by atoms with Crippen LogP contribution in [0.4, 0.5) is 0 Å². The highest BCUT2D eigenvalue weighted by molar-refractivity contribution is 5.51. The molecule has 1 aliphatic carbocycles. The van der Waals surface area contributed by atoms with Crippen LogP contribution in [0.2, 0.25) is 0 Å². The van der Waals surface area contributed by atoms with Gasteiger partial charge in [-0.3, -0.25) is 4.90 Å². The molecule has 4 nitrogen and oxygen atoms in total. The van der Waals surface area contributed by atoms with Gasteiger partial charge in [0, 0.05) is 11.6 Å². The number of fused-ring (bicyclic) bond motifs is 1. The fourth-order valence-electron chi connectivity index (χ4n) is 3.52. The molecule has 0 aliphatic heterocycles. The smallest absolute Gasteiger partial charge is 0.247 e. The molecule has 122 valence electrons. The Morgan fingerprint density at radius 2 is 1.83 bits per heavy atom. The second kappa shape index (κ2) is 6.57. The Labute approximate surface area is 142 Å². The molecule has 2 aromatic carbocycles. The maximum atomic E-state index is 5.86. The van der Waals surface area contributed by atoms with Crippen LogP contribution in [0, 0.1) is 0 Å². The van der Waals surface area contributed by atoms with Crippen molar-refractivity contribution in [2.24, 2.45) is 0 Å². The van der Waals surface area contributed by atoms with Crippen LogP contribution in [-0.4, -0.2) is 22.1 Å². The van der Waals surface area contributed by atoms with Crippen LogP contribution in [0.15, 0.2) is 59.0 Å². The van der Waals surface area contributed by atoms with Crippen molar-refractivity contribution < 1.29 is 4.42 Å². The molecule has 1 heterocycles. The van der Waals surface area contributed by atoms with E-state index in [2.05, 4.69) is 46.4 Å². The molecule has 0 unspecified atom stereocenters. The summed E-state index contributed by atoms with van der Waals surface area (Å²) in [5, 5.41) is 8.41. The SMILES string of the molecule is CN(Cc1nnc(-c2ccccc2)o1)[C@H]1CCCc2ccccc21. The molecule has 0 spiro atoms. The second-order valence-electron chi connectivity index (χ2n) is 6.39. The monoisotopic (exact) mass is 319 g/mol. The third-order valence-electron chi connectivity index (χ3n) is 4.74. The summed E-state index contributed by atoms with van der Waals surface area (Å²) in [4.78, 5) is 2.32. The molecule has 4 rings (SSSR count). The van der Waals surface area contributed by atoms with Gasteiger partial charge in [-0.15, -0.1) is 10.2 Å². The van der Waals surface area contributed by atoms with E-state index in [0.717, 1.165) is 5.56 Å². The second-order valence-corrected chi connectivity index (χ2v) is 6.39. The van der Waals surface area contributed by atoms with Crippen LogP contribution in [-0.2, 0) is 13.0 Å². The van der Waals surface area contributed by atoms with E-state index in [1.165, 1.54) is 30.4 Å². The first-order chi connectivity index (χ1) is 11.8. The topological polar surface area (TPSA) is 42.2 Å². The molecular weight excluding hydrogens is 298 g/mol. The molecule has 0 amide bonds. The van der Waals surface area contributed by atoms with Crippen LogP contribution in [0.3, 0.4) is 0 Å². The quantitative estimate of drug-likeness (QED) is 0.721. The first-order valence-electron chi connectivity index (χ1n) is 8.47. The summed E-state index contributed by atoms with van der Waals surface area (Å²) >= 11 is 0. The van der Waals surface area contributed by atoms with Gasteiger partial charge < -0.3 is 4.42 Å². The van der Waals surface area contributed by atoms with Gasteiger partial charge in [0.25, 0.3) is 0 Å². The Kier molecular flexibility index (Phi) is 4.13. The minimum Gasteiger partial charge on any atom is -0.419 e. The van der Waals surface area contributed by atoms with Gasteiger partial charge in [0.05, 0.1) is 6.54 Å². The maximum Gasteiger partial charge on any atom is 0.247 e. The average Bonchev–Trinajstić information content (AvgIpc) is 3.10. The summed E-state index contributed by atoms with van der Waals surface area (Å²) < 4.78 is 5.86. The lowest BCUT2D eigenvalue weighted by atomic mass is 9.87. The van der Waals surface area contributed by atoms with Crippen LogP contribution in [0.5, 0.6) is 0 Å². The van der Waals surface area contributed by atoms with E-state index in [0.29, 0.717) is 24.4 Å². The van der Waals surface area contributed by atoms with E-state index in [9.17, 15) is 0 Å². The van der Waals surface area contributed by atoms with Crippen molar-refractivity contribution in [2.45, 2.75) is 31.8 Å². The summed E-state index contributed by atoms with van der Waals surface area (Å²) in [5.41, 5.74) is 3.87. The van der Waals surface area contributed by atoms with E-state index in [1.54, 1.807) is 0 Å². The van der Waals surface area contributed by atoms with Crippen LogP contribution in [0.25, 0.3) is 11.5 Å². The van der Waals surface area contributed by atoms with Crippen molar-refractivity contribution in [1.29, 1.82) is 0 Å². The highest BCUT2D eigenvalue weighted by atomic mass is 16.4. The molecular formula is C20H21N3O. The third-order valence-corrected chi connectivity index (χ3v) is 4.74. The third kappa shape index (κ3) is 2.97. The van der Waals surface area contributed by atoms with E-state index in [4.69, 9.17) is 4.42 Å². The van der Waals surface area contributed by atoms with Gasteiger partial charge >= 0.3 is 0 Å². The minimum atomic E-state index is 0.419. The number of hydrogen-bond acceptors (Lipinski definition) is 4. The first-order valence-corrected chi connectivity index (χ1v) is 8.47. The van der Waals surface area contributed by atoms with Gasteiger partial charge in [-0.25, -0.2) is 0 Å². The average molecular weight is 319 g/mol. The molecule has 0 bridgehead atoms. The number of rotatable bonds is 4. The van der Waals surface area contributed by atoms with Crippen LogP contribution in [0.1, 0.15) is 35.9 Å². The highest BCUT2D eigenvalue weighted by Crippen LogP contribution is 2.34. The summed E-state index contributed by atoms with van der Waals surface area (Å²) in [6.45, 7) is 0.666. The van der Waals surface area contributed by atoms with E-state index in [-0.39, 0.29) is 0 Å². The number of hydrogen-bond donors (Lipinski definition) is 0. The van der Waals surface area contributed by atoms with Crippen molar-refractivity contribution in [3.8, 4) is 11.5 Å². The predicted molar refractivity (Wildman–Crippen MR) is 93.3 cm³/mol. The van der Waals surface area contributed by atoms with E-state index in [1.807, 2.05) is 30.3 Å². The van der Waals surface area contributed by atoms with Crippen molar-refractivity contribution in [1.82, 2.24) is 15.1 Å². The molecule has 1 atom stereocenters. The van der Waals surface area contributed by atoms with E-state index < -0.39 is 0 Å². The first kappa shape index (κ1) is 15.1. The fraction of sp³-hybridized carbons (Fsp3) is 0.300. The summed E-state index contributed by atoms with van der Waals surface area (Å²) in [6.07, 6.45) is 3.58. The minimum absolute atomic E-state index is 0.419. The molecule has 4 heteroatoms. The lowest BCUT2D eigenvalue weighted by molar-refractivity contribution is 0.195. The van der Waals surface area contributed by atoms with Gasteiger partial charge in [0.2, 0.25) is 11.8 Å². The van der Waals surface area contributed by atoms with Crippen molar-refractivity contribution in [3.05, 3.63) is 71.6 Å². The normalized spacial score (nSPS) is 17.0. The molecule has 0 saturated carbocycles. The molecule has 3 aromatic rings. The van der Waals surface area contributed by atoms with Gasteiger partial charge in [0.15, 0.2) is 0 Å². The molecule has 0 saturated heterocycles.